The first-order valence-corrected chi connectivity index (χ1v) is 6.79. The summed E-state index contributed by atoms with van der Waals surface area (Å²) in [6.45, 7) is 4.47. The van der Waals surface area contributed by atoms with Gasteiger partial charge >= 0.3 is 0 Å². The van der Waals surface area contributed by atoms with Gasteiger partial charge in [0.1, 0.15) is 0 Å². The maximum atomic E-state index is 12.9. The van der Waals surface area contributed by atoms with Crippen molar-refractivity contribution in [1.82, 2.24) is 4.90 Å². The fourth-order valence-electron chi connectivity index (χ4n) is 2.82. The van der Waals surface area contributed by atoms with Crippen LogP contribution < -0.4 is 0 Å². The van der Waals surface area contributed by atoms with E-state index in [9.17, 15) is 8.78 Å². The number of halogens is 2. The molecule has 1 aromatic rings. The highest BCUT2D eigenvalue weighted by molar-refractivity contribution is 5.33. The van der Waals surface area contributed by atoms with Crippen molar-refractivity contribution in [2.45, 2.75) is 38.7 Å². The van der Waals surface area contributed by atoms with Crippen LogP contribution in [0.3, 0.4) is 0 Å². The first-order chi connectivity index (χ1) is 8.58. The molecule has 1 saturated carbocycles. The number of alkyl halides is 2. The van der Waals surface area contributed by atoms with Gasteiger partial charge in [-0.05, 0) is 29.5 Å². The number of benzene rings is 1. The highest BCUT2D eigenvalue weighted by Crippen LogP contribution is 2.49. The number of hydrogen-bond donors (Lipinski definition) is 0. The van der Waals surface area contributed by atoms with Gasteiger partial charge in [-0.25, -0.2) is 8.78 Å². The topological polar surface area (TPSA) is 3.24 Å². The van der Waals surface area contributed by atoms with Crippen molar-refractivity contribution in [3.63, 3.8) is 0 Å². The fourth-order valence-corrected chi connectivity index (χ4v) is 2.82. The Hall–Kier alpha value is -0.960. The van der Waals surface area contributed by atoms with Crippen molar-refractivity contribution in [3.05, 3.63) is 34.9 Å². The first kappa shape index (κ1) is 12.1. The molecule has 1 atom stereocenters. The molecule has 0 radical (unpaired) electrons. The van der Waals surface area contributed by atoms with Gasteiger partial charge in [-0.15, -0.1) is 0 Å². The van der Waals surface area contributed by atoms with Crippen LogP contribution in [0.4, 0.5) is 8.78 Å². The quantitative estimate of drug-likeness (QED) is 0.797. The molecule has 1 aliphatic carbocycles. The van der Waals surface area contributed by atoms with E-state index in [-0.39, 0.29) is 6.42 Å². The summed E-state index contributed by atoms with van der Waals surface area (Å²) in [5.74, 6) is -2.78. The standard InChI is InChI=1S/C15H19F2N/c1-2-11-3-4-12-5-6-18(9-13(12)7-11)10-14-8-15(14,16)17/h3-4,7,14H,2,5-6,8-10H2,1H3. The van der Waals surface area contributed by atoms with Crippen molar-refractivity contribution in [2.24, 2.45) is 5.92 Å². The van der Waals surface area contributed by atoms with Gasteiger partial charge in [0.15, 0.2) is 0 Å². The second-order valence-electron chi connectivity index (χ2n) is 5.60. The van der Waals surface area contributed by atoms with Crippen LogP contribution in [0.1, 0.15) is 30.0 Å². The SMILES string of the molecule is CCc1ccc2c(c1)CN(CC1CC1(F)F)CC2. The van der Waals surface area contributed by atoms with Gasteiger partial charge in [0.05, 0.1) is 0 Å². The van der Waals surface area contributed by atoms with Crippen LogP contribution in [-0.2, 0) is 19.4 Å². The molecule has 3 heteroatoms. The summed E-state index contributed by atoms with van der Waals surface area (Å²) in [5, 5.41) is 0. The van der Waals surface area contributed by atoms with E-state index in [0.717, 1.165) is 25.9 Å². The number of nitrogens with zero attached hydrogens (tertiary/aromatic N) is 1. The van der Waals surface area contributed by atoms with E-state index in [2.05, 4.69) is 30.0 Å². The van der Waals surface area contributed by atoms with Gasteiger partial charge in [-0.1, -0.05) is 25.1 Å². The van der Waals surface area contributed by atoms with E-state index in [1.165, 1.54) is 16.7 Å². The minimum absolute atomic E-state index is 0.0886. The van der Waals surface area contributed by atoms with Crippen molar-refractivity contribution in [2.75, 3.05) is 13.1 Å². The molecule has 0 N–H and O–H groups in total. The summed E-state index contributed by atoms with van der Waals surface area (Å²) in [6, 6.07) is 6.63. The third-order valence-corrected chi connectivity index (χ3v) is 4.20. The van der Waals surface area contributed by atoms with Gasteiger partial charge in [0.25, 0.3) is 5.92 Å². The molecule has 0 saturated heterocycles. The number of hydrogen-bond acceptors (Lipinski definition) is 1. The molecule has 0 amide bonds. The second kappa shape index (κ2) is 4.30. The minimum atomic E-state index is -2.38. The molecule has 0 bridgehead atoms. The lowest BCUT2D eigenvalue weighted by Gasteiger charge is -2.29. The summed E-state index contributed by atoms with van der Waals surface area (Å²) in [4.78, 5) is 2.19. The smallest absolute Gasteiger partial charge is 0.252 e. The zero-order valence-electron chi connectivity index (χ0n) is 10.8. The monoisotopic (exact) mass is 251 g/mol. The van der Waals surface area contributed by atoms with Gasteiger partial charge in [0, 0.05) is 32.0 Å². The van der Waals surface area contributed by atoms with Crippen LogP contribution in [0.25, 0.3) is 0 Å². The Labute approximate surface area is 107 Å². The summed E-state index contributed by atoms with van der Waals surface area (Å²) >= 11 is 0. The number of fused-ring (bicyclic) bond motifs is 1. The molecule has 0 spiro atoms. The summed E-state index contributed by atoms with van der Waals surface area (Å²) in [6.07, 6.45) is 2.12. The Morgan fingerprint density at radius 2 is 2.11 bits per heavy atom. The normalized spacial score (nSPS) is 25.8. The summed E-state index contributed by atoms with van der Waals surface area (Å²) < 4.78 is 25.9. The average Bonchev–Trinajstić information content (AvgIpc) is 2.95. The van der Waals surface area contributed by atoms with Crippen LogP contribution in [0, 0.1) is 5.92 Å². The molecule has 2 aliphatic rings. The van der Waals surface area contributed by atoms with Crippen LogP contribution in [0.2, 0.25) is 0 Å². The third kappa shape index (κ3) is 2.28. The molecule has 1 heterocycles. The minimum Gasteiger partial charge on any atom is -0.298 e. The molecule has 0 aromatic heterocycles. The first-order valence-electron chi connectivity index (χ1n) is 6.79. The predicted octanol–water partition coefficient (Wildman–Crippen LogP) is 3.26. The van der Waals surface area contributed by atoms with E-state index in [1.54, 1.807) is 0 Å². The third-order valence-electron chi connectivity index (χ3n) is 4.20. The zero-order chi connectivity index (χ0) is 12.8. The number of rotatable bonds is 3. The van der Waals surface area contributed by atoms with E-state index >= 15 is 0 Å². The largest absolute Gasteiger partial charge is 0.298 e. The number of aryl methyl sites for hydroxylation is 1. The van der Waals surface area contributed by atoms with Crippen molar-refractivity contribution in [1.29, 1.82) is 0 Å². The molecule has 18 heavy (non-hydrogen) atoms. The molecule has 1 aliphatic heterocycles. The molecule has 1 aromatic carbocycles. The summed E-state index contributed by atoms with van der Waals surface area (Å²) in [5.41, 5.74) is 4.07. The van der Waals surface area contributed by atoms with Gasteiger partial charge < -0.3 is 0 Å². The molecule has 1 nitrogen and oxygen atoms in total. The Morgan fingerprint density at radius 3 is 2.78 bits per heavy atom. The van der Waals surface area contributed by atoms with E-state index in [4.69, 9.17) is 0 Å². The summed E-state index contributed by atoms with van der Waals surface area (Å²) in [7, 11) is 0. The molecular weight excluding hydrogens is 232 g/mol. The van der Waals surface area contributed by atoms with Crippen LogP contribution >= 0.6 is 0 Å². The molecule has 3 rings (SSSR count). The van der Waals surface area contributed by atoms with E-state index in [1.807, 2.05) is 0 Å². The Bertz CT molecular complexity index is 456. The van der Waals surface area contributed by atoms with Crippen LogP contribution in [0.15, 0.2) is 18.2 Å². The van der Waals surface area contributed by atoms with Crippen LogP contribution in [0.5, 0.6) is 0 Å². The van der Waals surface area contributed by atoms with Crippen LogP contribution in [-0.4, -0.2) is 23.9 Å². The van der Waals surface area contributed by atoms with Crippen molar-refractivity contribution >= 4 is 0 Å². The van der Waals surface area contributed by atoms with Gasteiger partial charge in [-0.3, -0.25) is 4.90 Å². The average molecular weight is 251 g/mol. The molecular formula is C15H19F2N. The van der Waals surface area contributed by atoms with Crippen molar-refractivity contribution < 1.29 is 8.78 Å². The second-order valence-corrected chi connectivity index (χ2v) is 5.60. The van der Waals surface area contributed by atoms with Crippen molar-refractivity contribution in [3.8, 4) is 0 Å². The van der Waals surface area contributed by atoms with Gasteiger partial charge in [-0.2, -0.15) is 0 Å². The lowest BCUT2D eigenvalue weighted by molar-refractivity contribution is 0.0853. The highest BCUT2D eigenvalue weighted by atomic mass is 19.3. The maximum absolute atomic E-state index is 12.9. The van der Waals surface area contributed by atoms with E-state index in [0.29, 0.717) is 6.54 Å². The van der Waals surface area contributed by atoms with E-state index < -0.39 is 11.8 Å². The Kier molecular flexibility index (Phi) is 2.89. The lowest BCUT2D eigenvalue weighted by Crippen LogP contribution is -2.33. The highest BCUT2D eigenvalue weighted by Gasteiger charge is 2.56. The molecule has 1 fully saturated rings. The zero-order valence-corrected chi connectivity index (χ0v) is 10.8. The maximum Gasteiger partial charge on any atom is 0.252 e. The fraction of sp³-hybridized carbons (Fsp3) is 0.600. The molecule has 98 valence electrons. The Balaban J connectivity index is 1.68. The Morgan fingerprint density at radius 1 is 1.33 bits per heavy atom. The molecule has 1 unspecified atom stereocenters. The van der Waals surface area contributed by atoms with Gasteiger partial charge in [0.2, 0.25) is 0 Å². The predicted molar refractivity (Wildman–Crippen MR) is 67.9 cm³/mol. The lowest BCUT2D eigenvalue weighted by atomic mass is 9.96.